The average molecular weight is 638 g/mol. The maximum absolute atomic E-state index is 16.3. The van der Waals surface area contributed by atoms with Crippen LogP contribution in [0.25, 0.3) is 10.9 Å². The number of aliphatic hydroxyl groups is 1. The zero-order chi connectivity index (χ0) is 29.9. The van der Waals surface area contributed by atoms with Gasteiger partial charge in [-0.3, -0.25) is 0 Å². The zero-order valence-corrected chi connectivity index (χ0v) is 25.1. The van der Waals surface area contributed by atoms with Crippen LogP contribution in [-0.4, -0.2) is 53.1 Å². The molecule has 0 bridgehead atoms. The molecule has 42 heavy (non-hydrogen) atoms. The number of rotatable bonds is 11. The number of aromatic nitrogens is 4. The number of ether oxygens (including phenoxy) is 4. The predicted octanol–water partition coefficient (Wildman–Crippen LogP) is 5.87. The molecule has 0 aliphatic heterocycles. The summed E-state index contributed by atoms with van der Waals surface area (Å²) in [5.41, 5.74) is -0.0482. The number of hydrogen-bond acceptors (Lipinski definition) is 8. The van der Waals surface area contributed by atoms with E-state index in [1.807, 2.05) is 28.8 Å². The van der Waals surface area contributed by atoms with Gasteiger partial charge in [0, 0.05) is 52.1 Å². The first-order chi connectivity index (χ1) is 20.3. The molecule has 5 aromatic rings. The van der Waals surface area contributed by atoms with Gasteiger partial charge in [0.1, 0.15) is 5.60 Å². The van der Waals surface area contributed by atoms with Gasteiger partial charge in [-0.1, -0.05) is 28.1 Å². The quantitative estimate of drug-likeness (QED) is 0.192. The van der Waals surface area contributed by atoms with Crippen molar-refractivity contribution in [3.63, 3.8) is 0 Å². The van der Waals surface area contributed by atoms with Crippen LogP contribution in [0.4, 0.5) is 4.39 Å². The van der Waals surface area contributed by atoms with E-state index < -0.39 is 17.3 Å². The fourth-order valence-electron chi connectivity index (χ4n) is 5.22. The topological polar surface area (TPSA) is 101 Å². The SMILES string of the molecule is COc1cc(C(O)(CCn2ccnc2)C(c2cc3cc(Br)ccc3nc2OC)c2cccc(OC)c2F)cc(OC)n1. The highest BCUT2D eigenvalue weighted by Crippen LogP contribution is 2.50. The van der Waals surface area contributed by atoms with Crippen LogP contribution in [0, 0.1) is 5.82 Å². The Balaban J connectivity index is 1.85. The van der Waals surface area contributed by atoms with Crippen molar-refractivity contribution in [2.75, 3.05) is 28.4 Å². The van der Waals surface area contributed by atoms with Crippen molar-refractivity contribution in [3.8, 4) is 23.4 Å². The van der Waals surface area contributed by atoms with Crippen LogP contribution in [0.5, 0.6) is 23.4 Å². The molecule has 0 radical (unpaired) electrons. The molecule has 3 heterocycles. The van der Waals surface area contributed by atoms with E-state index in [-0.39, 0.29) is 35.4 Å². The van der Waals surface area contributed by atoms with Crippen LogP contribution in [0.2, 0.25) is 0 Å². The van der Waals surface area contributed by atoms with Gasteiger partial charge in [-0.05, 0) is 42.3 Å². The van der Waals surface area contributed by atoms with E-state index in [2.05, 4.69) is 25.9 Å². The lowest BCUT2D eigenvalue weighted by Gasteiger charge is -2.38. The van der Waals surface area contributed by atoms with Crippen molar-refractivity contribution in [1.82, 2.24) is 19.5 Å². The molecule has 0 aliphatic carbocycles. The van der Waals surface area contributed by atoms with Crippen molar-refractivity contribution in [2.24, 2.45) is 0 Å². The third-order valence-corrected chi connectivity index (χ3v) is 7.78. The van der Waals surface area contributed by atoms with Crippen molar-refractivity contribution in [3.05, 3.63) is 100 Å². The van der Waals surface area contributed by atoms with Crippen molar-refractivity contribution in [2.45, 2.75) is 24.5 Å². The number of fused-ring (bicyclic) bond motifs is 1. The maximum Gasteiger partial charge on any atom is 0.217 e. The molecule has 11 heteroatoms. The van der Waals surface area contributed by atoms with Gasteiger partial charge in [0.15, 0.2) is 11.6 Å². The van der Waals surface area contributed by atoms with E-state index in [0.29, 0.717) is 23.2 Å². The van der Waals surface area contributed by atoms with Crippen LogP contribution in [-0.2, 0) is 12.1 Å². The van der Waals surface area contributed by atoms with Gasteiger partial charge in [-0.15, -0.1) is 0 Å². The monoisotopic (exact) mass is 636 g/mol. The number of halogens is 2. The van der Waals surface area contributed by atoms with E-state index in [1.54, 1.807) is 43.0 Å². The van der Waals surface area contributed by atoms with E-state index in [1.165, 1.54) is 34.5 Å². The summed E-state index contributed by atoms with van der Waals surface area (Å²) < 4.78 is 41.0. The molecule has 2 aromatic carbocycles. The Morgan fingerprint density at radius 3 is 2.33 bits per heavy atom. The molecule has 2 atom stereocenters. The smallest absolute Gasteiger partial charge is 0.217 e. The zero-order valence-electron chi connectivity index (χ0n) is 23.5. The molecule has 2 unspecified atom stereocenters. The second kappa shape index (κ2) is 12.3. The van der Waals surface area contributed by atoms with Crippen LogP contribution in [0.15, 0.2) is 77.8 Å². The fourth-order valence-corrected chi connectivity index (χ4v) is 5.60. The number of benzene rings is 2. The first-order valence-corrected chi connectivity index (χ1v) is 13.9. The molecule has 0 saturated carbocycles. The number of nitrogens with zero attached hydrogens (tertiary/aromatic N) is 4. The summed E-state index contributed by atoms with van der Waals surface area (Å²) in [5, 5.41) is 13.8. The third-order valence-electron chi connectivity index (χ3n) is 7.28. The molecule has 9 nitrogen and oxygen atoms in total. The van der Waals surface area contributed by atoms with Gasteiger partial charge in [-0.25, -0.2) is 14.4 Å². The first-order valence-electron chi connectivity index (χ1n) is 13.1. The largest absolute Gasteiger partial charge is 0.494 e. The molecule has 5 rings (SSSR count). The molecular formula is C31H30BrFN4O5. The van der Waals surface area contributed by atoms with Gasteiger partial charge in [0.2, 0.25) is 17.6 Å². The number of imidazole rings is 1. The molecule has 0 aliphatic rings. The van der Waals surface area contributed by atoms with Gasteiger partial charge in [0.25, 0.3) is 0 Å². The van der Waals surface area contributed by atoms with Crippen LogP contribution < -0.4 is 18.9 Å². The van der Waals surface area contributed by atoms with E-state index in [9.17, 15) is 5.11 Å². The molecule has 218 valence electrons. The normalized spacial score (nSPS) is 13.4. The molecule has 0 spiro atoms. The van der Waals surface area contributed by atoms with E-state index in [0.717, 1.165) is 9.86 Å². The Labute approximate surface area is 251 Å². The Morgan fingerprint density at radius 2 is 1.69 bits per heavy atom. The molecule has 0 saturated heterocycles. The standard InChI is InChI=1S/C31H30BrFN4O5/c1-39-25-7-5-6-22(29(25)33)28(23-15-19-14-21(32)8-9-24(19)35-30(23)42-4)31(38,10-12-37-13-11-34-18-37)20-16-26(40-2)36-27(17-20)41-3/h5-9,11,13-18,28,38H,10,12H2,1-4H3. The van der Waals surface area contributed by atoms with Gasteiger partial charge in [0.05, 0.1) is 46.2 Å². The molecule has 0 amide bonds. The lowest BCUT2D eigenvalue weighted by molar-refractivity contribution is 0.00392. The van der Waals surface area contributed by atoms with Crippen molar-refractivity contribution in [1.29, 1.82) is 0 Å². The second-order valence-corrected chi connectivity index (χ2v) is 10.6. The number of methoxy groups -OCH3 is 4. The van der Waals surface area contributed by atoms with Crippen LogP contribution in [0.1, 0.15) is 29.0 Å². The van der Waals surface area contributed by atoms with Crippen molar-refractivity contribution < 1.29 is 28.4 Å². The Bertz CT molecular complexity index is 1680. The molecule has 1 N–H and O–H groups in total. The molecule has 0 fully saturated rings. The maximum atomic E-state index is 16.3. The lowest BCUT2D eigenvalue weighted by Crippen LogP contribution is -2.36. The molecular weight excluding hydrogens is 607 g/mol. The van der Waals surface area contributed by atoms with Crippen LogP contribution in [0.3, 0.4) is 0 Å². The summed E-state index contributed by atoms with van der Waals surface area (Å²) >= 11 is 3.53. The van der Waals surface area contributed by atoms with Crippen molar-refractivity contribution >= 4 is 26.8 Å². The summed E-state index contributed by atoms with van der Waals surface area (Å²) in [6.07, 6.45) is 5.24. The highest BCUT2D eigenvalue weighted by molar-refractivity contribution is 9.10. The summed E-state index contributed by atoms with van der Waals surface area (Å²) in [7, 11) is 5.85. The lowest BCUT2D eigenvalue weighted by atomic mass is 9.71. The minimum Gasteiger partial charge on any atom is -0.494 e. The van der Waals surface area contributed by atoms with Gasteiger partial charge in [-0.2, -0.15) is 4.98 Å². The number of pyridine rings is 2. The average Bonchev–Trinajstić information content (AvgIpc) is 3.54. The third kappa shape index (κ3) is 5.62. The summed E-state index contributed by atoms with van der Waals surface area (Å²) in [6.45, 7) is 0.348. The predicted molar refractivity (Wildman–Crippen MR) is 159 cm³/mol. The van der Waals surface area contributed by atoms with Gasteiger partial charge < -0.3 is 28.6 Å². The van der Waals surface area contributed by atoms with Gasteiger partial charge >= 0.3 is 0 Å². The minimum absolute atomic E-state index is 0.0369. The first kappa shape index (κ1) is 29.3. The Hall–Kier alpha value is -4.22. The van der Waals surface area contributed by atoms with Crippen LogP contribution >= 0.6 is 15.9 Å². The second-order valence-electron chi connectivity index (χ2n) is 9.64. The van der Waals surface area contributed by atoms with E-state index >= 15 is 4.39 Å². The summed E-state index contributed by atoms with van der Waals surface area (Å²) in [4.78, 5) is 13.2. The number of hydrogen-bond donors (Lipinski definition) is 1. The Morgan fingerprint density at radius 1 is 0.929 bits per heavy atom. The highest BCUT2D eigenvalue weighted by atomic mass is 79.9. The highest BCUT2D eigenvalue weighted by Gasteiger charge is 2.44. The summed E-state index contributed by atoms with van der Waals surface area (Å²) in [5.74, 6) is -0.930. The number of aryl methyl sites for hydroxylation is 1. The fraction of sp³-hybridized carbons (Fsp3) is 0.258. The minimum atomic E-state index is -1.78. The molecule has 3 aromatic heterocycles. The van der Waals surface area contributed by atoms with E-state index in [4.69, 9.17) is 23.9 Å². The summed E-state index contributed by atoms with van der Waals surface area (Å²) in [6, 6.07) is 15.6. The Kier molecular flexibility index (Phi) is 8.60.